The Balaban J connectivity index is 2.51. The monoisotopic (exact) mass is 297 g/mol. The molecule has 0 unspecified atom stereocenters. The number of allylic oxidation sites excluding steroid dienone is 1. The van der Waals surface area contributed by atoms with E-state index >= 15 is 0 Å². The van der Waals surface area contributed by atoms with Gasteiger partial charge in [0.15, 0.2) is 0 Å². The van der Waals surface area contributed by atoms with Gasteiger partial charge in [-0.2, -0.15) is 0 Å². The molecule has 1 heterocycles. The van der Waals surface area contributed by atoms with Crippen LogP contribution in [0.25, 0.3) is 5.57 Å². The van der Waals surface area contributed by atoms with Crippen molar-refractivity contribution in [3.05, 3.63) is 29.1 Å². The van der Waals surface area contributed by atoms with Crippen molar-refractivity contribution in [3.63, 3.8) is 0 Å². The van der Waals surface area contributed by atoms with Gasteiger partial charge in [0.25, 0.3) is 0 Å². The van der Waals surface area contributed by atoms with Crippen molar-refractivity contribution >= 4 is 21.6 Å². The summed E-state index contributed by atoms with van der Waals surface area (Å²) in [5.41, 5.74) is 3.16. The minimum Gasteiger partial charge on any atom is -0.463 e. The molecule has 0 aromatic carbocycles. The Morgan fingerprint density at radius 3 is 2.75 bits per heavy atom. The van der Waals surface area contributed by atoms with Gasteiger partial charge in [0, 0.05) is 23.0 Å². The number of nitrogens with zero attached hydrogens (tertiary/aromatic N) is 1. The third-order valence-corrected chi connectivity index (χ3v) is 4.52. The smallest absolute Gasteiger partial charge is 0.331 e. The summed E-state index contributed by atoms with van der Waals surface area (Å²) in [6.45, 7) is 3.85. The molecular weight excluding hydrogens is 278 g/mol. The molecular formula is C14H19NO4S. The average Bonchev–Trinajstić information content (AvgIpc) is 2.66. The molecule has 2 rings (SSSR count). The van der Waals surface area contributed by atoms with Gasteiger partial charge in [-0.1, -0.05) is 0 Å². The second-order valence-corrected chi connectivity index (χ2v) is 6.78. The number of carbonyl (C=O) groups excluding carboxylic acids is 1. The van der Waals surface area contributed by atoms with E-state index < -0.39 is 10.0 Å². The Hall–Kier alpha value is -1.56. The molecule has 0 spiro atoms. The first-order chi connectivity index (χ1) is 9.34. The zero-order valence-electron chi connectivity index (χ0n) is 12.0. The van der Waals surface area contributed by atoms with Gasteiger partial charge in [-0.3, -0.25) is 0 Å². The molecule has 20 heavy (non-hydrogen) atoms. The van der Waals surface area contributed by atoms with Crippen molar-refractivity contribution < 1.29 is 17.9 Å². The molecule has 0 radical (unpaired) electrons. The molecule has 0 atom stereocenters. The Labute approximate surface area is 119 Å². The van der Waals surface area contributed by atoms with Crippen molar-refractivity contribution in [1.29, 1.82) is 0 Å². The van der Waals surface area contributed by atoms with E-state index in [9.17, 15) is 13.2 Å². The molecule has 1 aromatic heterocycles. The van der Waals surface area contributed by atoms with Crippen LogP contribution < -0.4 is 0 Å². The zero-order chi connectivity index (χ0) is 14.9. The first-order valence-corrected chi connectivity index (χ1v) is 8.49. The fraction of sp³-hybridized carbons (Fsp3) is 0.500. The molecule has 0 bridgehead atoms. The summed E-state index contributed by atoms with van der Waals surface area (Å²) in [5, 5.41) is 0. The molecule has 0 amide bonds. The maximum Gasteiger partial charge on any atom is 0.331 e. The molecule has 1 aliphatic carbocycles. The number of carbonyl (C=O) groups is 1. The van der Waals surface area contributed by atoms with Gasteiger partial charge in [0.2, 0.25) is 10.0 Å². The summed E-state index contributed by atoms with van der Waals surface area (Å²) in [4.78, 5) is 11.6. The summed E-state index contributed by atoms with van der Waals surface area (Å²) in [6.07, 6.45) is 4.98. The second kappa shape index (κ2) is 5.44. The predicted octanol–water partition coefficient (Wildman–Crippen LogP) is 1.89. The lowest BCUT2D eigenvalue weighted by molar-refractivity contribution is -0.137. The van der Waals surface area contributed by atoms with Crippen LogP contribution in [0, 0.1) is 6.92 Å². The molecule has 1 aromatic rings. The van der Waals surface area contributed by atoms with Crippen molar-refractivity contribution in [2.45, 2.75) is 33.1 Å². The number of hydrogen-bond donors (Lipinski definition) is 0. The van der Waals surface area contributed by atoms with Crippen molar-refractivity contribution in [3.8, 4) is 0 Å². The minimum absolute atomic E-state index is 0.332. The number of ether oxygens (including phenoxy) is 1. The van der Waals surface area contributed by atoms with E-state index in [0.717, 1.165) is 29.7 Å². The molecule has 0 aliphatic heterocycles. The first-order valence-electron chi connectivity index (χ1n) is 6.64. The Morgan fingerprint density at radius 2 is 2.15 bits per heavy atom. The second-order valence-electron chi connectivity index (χ2n) is 4.95. The van der Waals surface area contributed by atoms with Crippen LogP contribution in [0.3, 0.4) is 0 Å². The lowest BCUT2D eigenvalue weighted by atomic mass is 9.92. The van der Waals surface area contributed by atoms with Crippen LogP contribution in [0.4, 0.5) is 0 Å². The number of aryl methyl sites for hydroxylation is 1. The van der Waals surface area contributed by atoms with Gasteiger partial charge in [-0.15, -0.1) is 0 Å². The van der Waals surface area contributed by atoms with Gasteiger partial charge in [-0.25, -0.2) is 17.2 Å². The van der Waals surface area contributed by atoms with Gasteiger partial charge < -0.3 is 4.74 Å². The summed E-state index contributed by atoms with van der Waals surface area (Å²) < 4.78 is 30.0. The Bertz CT molecular complexity index is 668. The molecule has 0 saturated heterocycles. The van der Waals surface area contributed by atoms with E-state index in [1.165, 1.54) is 16.3 Å². The number of aromatic nitrogens is 1. The summed E-state index contributed by atoms with van der Waals surface area (Å²) in [7, 11) is -3.32. The highest BCUT2D eigenvalue weighted by Crippen LogP contribution is 2.33. The lowest BCUT2D eigenvalue weighted by Gasteiger charge is -2.17. The van der Waals surface area contributed by atoms with E-state index in [-0.39, 0.29) is 5.97 Å². The summed E-state index contributed by atoms with van der Waals surface area (Å²) >= 11 is 0. The Morgan fingerprint density at radius 1 is 1.45 bits per heavy atom. The van der Waals surface area contributed by atoms with Crippen molar-refractivity contribution in [1.82, 2.24) is 3.97 Å². The highest BCUT2D eigenvalue weighted by atomic mass is 32.2. The van der Waals surface area contributed by atoms with Crippen LogP contribution in [-0.2, 0) is 26.0 Å². The topological polar surface area (TPSA) is 65.4 Å². The van der Waals surface area contributed by atoms with Crippen LogP contribution in [-0.4, -0.2) is 31.2 Å². The number of fused-ring (bicyclic) bond motifs is 1. The molecule has 5 nitrogen and oxygen atoms in total. The van der Waals surface area contributed by atoms with Gasteiger partial charge in [-0.05, 0) is 44.7 Å². The van der Waals surface area contributed by atoms with Crippen LogP contribution in [0.15, 0.2) is 12.1 Å². The van der Waals surface area contributed by atoms with E-state index in [2.05, 4.69) is 0 Å². The SMILES string of the molecule is CCOC(=O)C=C1CCCc2c1cc(C)n2S(C)(=O)=O. The van der Waals surface area contributed by atoms with Gasteiger partial charge in [0.05, 0.1) is 12.9 Å². The molecule has 0 saturated carbocycles. The van der Waals surface area contributed by atoms with Crippen LogP contribution >= 0.6 is 0 Å². The number of hydrogen-bond acceptors (Lipinski definition) is 4. The van der Waals surface area contributed by atoms with Crippen LogP contribution in [0.1, 0.15) is 36.7 Å². The third kappa shape index (κ3) is 2.80. The summed E-state index contributed by atoms with van der Waals surface area (Å²) in [6, 6.07) is 1.83. The maximum atomic E-state index is 11.9. The normalized spacial score (nSPS) is 17.1. The third-order valence-electron chi connectivity index (χ3n) is 3.35. The van der Waals surface area contributed by atoms with Gasteiger partial charge in [0.1, 0.15) is 0 Å². The Kier molecular flexibility index (Phi) is 4.04. The van der Waals surface area contributed by atoms with E-state index in [1.54, 1.807) is 13.8 Å². The first kappa shape index (κ1) is 14.8. The van der Waals surface area contributed by atoms with Crippen LogP contribution in [0.5, 0.6) is 0 Å². The van der Waals surface area contributed by atoms with Crippen molar-refractivity contribution in [2.75, 3.05) is 12.9 Å². The minimum atomic E-state index is -3.32. The van der Waals surface area contributed by atoms with Crippen molar-refractivity contribution in [2.24, 2.45) is 0 Å². The maximum absolute atomic E-state index is 11.9. The number of esters is 1. The quantitative estimate of drug-likeness (QED) is 0.631. The summed E-state index contributed by atoms with van der Waals surface area (Å²) in [5.74, 6) is -0.375. The lowest BCUT2D eigenvalue weighted by Crippen LogP contribution is -2.17. The highest BCUT2D eigenvalue weighted by Gasteiger charge is 2.24. The van der Waals surface area contributed by atoms with Gasteiger partial charge >= 0.3 is 5.97 Å². The van der Waals surface area contributed by atoms with E-state index in [1.807, 2.05) is 6.07 Å². The van der Waals surface area contributed by atoms with Crippen LogP contribution in [0.2, 0.25) is 0 Å². The fourth-order valence-corrected chi connectivity index (χ4v) is 3.87. The molecule has 1 aliphatic rings. The largest absolute Gasteiger partial charge is 0.463 e. The fourth-order valence-electron chi connectivity index (χ4n) is 2.71. The molecule has 0 fully saturated rings. The zero-order valence-corrected chi connectivity index (χ0v) is 12.8. The standard InChI is InChI=1S/C14H19NO4S/c1-4-19-14(16)9-11-6-5-7-13-12(11)8-10(2)15(13)20(3,17)18/h8-9H,4-7H2,1-3H3. The number of rotatable bonds is 3. The van der Waals surface area contributed by atoms with E-state index in [4.69, 9.17) is 4.74 Å². The highest BCUT2D eigenvalue weighted by molar-refractivity contribution is 7.89. The molecule has 6 heteroatoms. The average molecular weight is 297 g/mol. The van der Waals surface area contributed by atoms with E-state index in [0.29, 0.717) is 18.7 Å². The molecule has 0 N–H and O–H groups in total. The predicted molar refractivity (Wildman–Crippen MR) is 77.0 cm³/mol. The molecule has 110 valence electrons.